The fourth-order valence-electron chi connectivity index (χ4n) is 3.77. The number of rotatable bonds is 11. The number of sulfonamides is 1. The van der Waals surface area contributed by atoms with Gasteiger partial charge in [-0.05, 0) is 49.6 Å². The monoisotopic (exact) mass is 521 g/mol. The van der Waals surface area contributed by atoms with Crippen LogP contribution in [-0.4, -0.2) is 44.3 Å². The van der Waals surface area contributed by atoms with E-state index in [9.17, 15) is 18.0 Å². The van der Waals surface area contributed by atoms with E-state index >= 15 is 0 Å². The molecule has 0 spiro atoms. The van der Waals surface area contributed by atoms with Crippen molar-refractivity contribution in [2.24, 2.45) is 5.92 Å². The van der Waals surface area contributed by atoms with Crippen LogP contribution in [0.5, 0.6) is 0 Å². The van der Waals surface area contributed by atoms with E-state index in [-0.39, 0.29) is 23.3 Å². The Morgan fingerprint density at radius 1 is 0.838 bits per heavy atom. The Balaban J connectivity index is 1.97. The molecule has 2 amide bonds. The zero-order chi connectivity index (χ0) is 27.0. The summed E-state index contributed by atoms with van der Waals surface area (Å²) in [6.07, 6.45) is 0. The van der Waals surface area contributed by atoms with Gasteiger partial charge in [0.25, 0.3) is 10.0 Å². The predicted molar refractivity (Wildman–Crippen MR) is 146 cm³/mol. The third-order valence-corrected chi connectivity index (χ3v) is 7.77. The van der Waals surface area contributed by atoms with Crippen LogP contribution in [0, 0.1) is 12.8 Å². The summed E-state index contributed by atoms with van der Waals surface area (Å²) in [5.41, 5.74) is 2.18. The number of carbonyl (C=O) groups excluding carboxylic acids is 2. The second kappa shape index (κ2) is 12.5. The van der Waals surface area contributed by atoms with Crippen LogP contribution >= 0.6 is 0 Å². The molecule has 1 atom stereocenters. The molecule has 0 saturated carbocycles. The number of hydrogen-bond acceptors (Lipinski definition) is 4. The summed E-state index contributed by atoms with van der Waals surface area (Å²) >= 11 is 0. The Kier molecular flexibility index (Phi) is 9.47. The summed E-state index contributed by atoms with van der Waals surface area (Å²) in [4.78, 5) is 28.3. The van der Waals surface area contributed by atoms with Crippen LogP contribution in [-0.2, 0) is 26.2 Å². The number of hydrogen-bond donors (Lipinski definition) is 1. The van der Waals surface area contributed by atoms with Crippen molar-refractivity contribution in [2.75, 3.05) is 17.4 Å². The SMILES string of the molecule is Cc1ccc(N(CC(=O)N(Cc2ccccc2)[C@H](C)C(=O)NCC(C)C)S(=O)(=O)c2ccccc2)cc1. The molecular formula is C29H35N3O4S. The van der Waals surface area contributed by atoms with E-state index in [1.165, 1.54) is 17.0 Å². The van der Waals surface area contributed by atoms with Crippen LogP contribution in [0.1, 0.15) is 31.9 Å². The van der Waals surface area contributed by atoms with E-state index in [0.717, 1.165) is 15.4 Å². The maximum Gasteiger partial charge on any atom is 0.264 e. The van der Waals surface area contributed by atoms with Gasteiger partial charge in [-0.2, -0.15) is 0 Å². The fraction of sp³-hybridized carbons (Fsp3) is 0.310. The Bertz CT molecular complexity index is 1280. The van der Waals surface area contributed by atoms with Crippen molar-refractivity contribution >= 4 is 27.5 Å². The molecule has 0 aliphatic rings. The largest absolute Gasteiger partial charge is 0.354 e. The molecule has 0 aromatic heterocycles. The molecule has 8 heteroatoms. The first-order valence-electron chi connectivity index (χ1n) is 12.3. The molecule has 0 aliphatic heterocycles. The van der Waals surface area contributed by atoms with E-state index in [1.54, 1.807) is 49.4 Å². The Morgan fingerprint density at radius 2 is 1.41 bits per heavy atom. The number of carbonyl (C=O) groups is 2. The average molecular weight is 522 g/mol. The molecule has 7 nitrogen and oxygen atoms in total. The summed E-state index contributed by atoms with van der Waals surface area (Å²) in [6.45, 7) is 7.76. The second-order valence-corrected chi connectivity index (χ2v) is 11.3. The molecule has 37 heavy (non-hydrogen) atoms. The molecule has 3 aromatic carbocycles. The highest BCUT2D eigenvalue weighted by Crippen LogP contribution is 2.25. The molecule has 0 unspecified atom stereocenters. The van der Waals surface area contributed by atoms with Gasteiger partial charge < -0.3 is 10.2 Å². The number of aryl methyl sites for hydroxylation is 1. The van der Waals surface area contributed by atoms with Gasteiger partial charge in [0.05, 0.1) is 10.6 Å². The third-order valence-electron chi connectivity index (χ3n) is 5.98. The quantitative estimate of drug-likeness (QED) is 0.406. The van der Waals surface area contributed by atoms with Crippen LogP contribution in [0.15, 0.2) is 89.8 Å². The van der Waals surface area contributed by atoms with Gasteiger partial charge in [-0.1, -0.05) is 80.1 Å². The molecule has 3 aromatic rings. The molecule has 1 N–H and O–H groups in total. The number of nitrogens with one attached hydrogen (secondary N) is 1. The van der Waals surface area contributed by atoms with E-state index in [4.69, 9.17) is 0 Å². The molecule has 0 saturated heterocycles. The first-order chi connectivity index (χ1) is 17.6. The van der Waals surface area contributed by atoms with Crippen LogP contribution in [0.25, 0.3) is 0 Å². The highest BCUT2D eigenvalue weighted by molar-refractivity contribution is 7.92. The number of nitrogens with zero attached hydrogens (tertiary/aromatic N) is 2. The fourth-order valence-corrected chi connectivity index (χ4v) is 5.21. The Hall–Kier alpha value is -3.65. The van der Waals surface area contributed by atoms with Gasteiger partial charge in [-0.3, -0.25) is 13.9 Å². The van der Waals surface area contributed by atoms with Gasteiger partial charge >= 0.3 is 0 Å². The van der Waals surface area contributed by atoms with Crippen molar-refractivity contribution in [1.82, 2.24) is 10.2 Å². The van der Waals surface area contributed by atoms with Gasteiger partial charge in [-0.15, -0.1) is 0 Å². The lowest BCUT2D eigenvalue weighted by Gasteiger charge is -2.32. The van der Waals surface area contributed by atoms with E-state index in [1.807, 2.05) is 51.1 Å². The summed E-state index contributed by atoms with van der Waals surface area (Å²) < 4.78 is 28.5. The van der Waals surface area contributed by atoms with Crippen molar-refractivity contribution in [1.29, 1.82) is 0 Å². The molecule has 0 bridgehead atoms. The topological polar surface area (TPSA) is 86.8 Å². The summed E-state index contributed by atoms with van der Waals surface area (Å²) in [6, 6.07) is 23.5. The first-order valence-corrected chi connectivity index (χ1v) is 13.8. The number of benzene rings is 3. The summed E-state index contributed by atoms with van der Waals surface area (Å²) in [5.74, 6) is -0.510. The highest BCUT2D eigenvalue weighted by Gasteiger charge is 2.32. The van der Waals surface area contributed by atoms with Crippen molar-refractivity contribution in [2.45, 2.75) is 45.2 Å². The van der Waals surface area contributed by atoms with Crippen LogP contribution in [0.2, 0.25) is 0 Å². The van der Waals surface area contributed by atoms with Crippen molar-refractivity contribution in [3.8, 4) is 0 Å². The predicted octanol–water partition coefficient (Wildman–Crippen LogP) is 4.38. The molecule has 0 radical (unpaired) electrons. The van der Waals surface area contributed by atoms with E-state index in [0.29, 0.717) is 12.2 Å². The van der Waals surface area contributed by atoms with Crippen LogP contribution in [0.4, 0.5) is 5.69 Å². The maximum atomic E-state index is 13.8. The highest BCUT2D eigenvalue weighted by atomic mass is 32.2. The van der Waals surface area contributed by atoms with Gasteiger partial charge in [0.15, 0.2) is 0 Å². The lowest BCUT2D eigenvalue weighted by Crippen LogP contribution is -2.51. The van der Waals surface area contributed by atoms with Crippen molar-refractivity contribution in [3.05, 3.63) is 96.1 Å². The molecule has 0 aliphatic carbocycles. The zero-order valence-corrected chi connectivity index (χ0v) is 22.6. The smallest absolute Gasteiger partial charge is 0.264 e. The lowest BCUT2D eigenvalue weighted by molar-refractivity contribution is -0.139. The van der Waals surface area contributed by atoms with Crippen LogP contribution in [0.3, 0.4) is 0 Å². The van der Waals surface area contributed by atoms with Gasteiger partial charge in [0.1, 0.15) is 12.6 Å². The molecular weight excluding hydrogens is 486 g/mol. The summed E-state index contributed by atoms with van der Waals surface area (Å²) in [7, 11) is -4.05. The molecule has 0 fully saturated rings. The van der Waals surface area contributed by atoms with Crippen molar-refractivity contribution in [3.63, 3.8) is 0 Å². The van der Waals surface area contributed by atoms with Gasteiger partial charge in [0.2, 0.25) is 11.8 Å². The summed E-state index contributed by atoms with van der Waals surface area (Å²) in [5, 5.41) is 2.89. The average Bonchev–Trinajstić information content (AvgIpc) is 2.90. The van der Waals surface area contributed by atoms with E-state index in [2.05, 4.69) is 5.32 Å². The molecule has 0 heterocycles. The normalized spacial score (nSPS) is 12.1. The standard InChI is InChI=1S/C29H35N3O4S/c1-22(2)19-30-29(34)24(4)31(20-25-11-7-5-8-12-25)28(33)21-32(26-17-15-23(3)16-18-26)37(35,36)27-13-9-6-10-14-27/h5-18,22,24H,19-21H2,1-4H3,(H,30,34)/t24-/m1/s1. The van der Waals surface area contributed by atoms with E-state index < -0.39 is 28.5 Å². The number of anilines is 1. The Morgan fingerprint density at radius 3 is 1.97 bits per heavy atom. The van der Waals surface area contributed by atoms with Crippen LogP contribution < -0.4 is 9.62 Å². The zero-order valence-electron chi connectivity index (χ0n) is 21.8. The van der Waals surface area contributed by atoms with Gasteiger partial charge in [-0.25, -0.2) is 8.42 Å². The minimum absolute atomic E-state index is 0.0840. The molecule has 3 rings (SSSR count). The molecule has 196 valence electrons. The Labute approximate surface area is 220 Å². The lowest BCUT2D eigenvalue weighted by atomic mass is 10.1. The minimum atomic E-state index is -4.05. The first kappa shape index (κ1) is 27.9. The third kappa shape index (κ3) is 7.43. The van der Waals surface area contributed by atoms with Crippen molar-refractivity contribution < 1.29 is 18.0 Å². The maximum absolute atomic E-state index is 13.8. The number of amides is 2. The second-order valence-electron chi connectivity index (χ2n) is 9.48. The van der Waals surface area contributed by atoms with Gasteiger partial charge in [0, 0.05) is 13.1 Å². The minimum Gasteiger partial charge on any atom is -0.354 e.